The molecule has 15 heavy (non-hydrogen) atoms. The van der Waals surface area contributed by atoms with Crippen molar-refractivity contribution in [3.8, 4) is 5.75 Å². The predicted octanol–water partition coefficient (Wildman–Crippen LogP) is 1.63. The van der Waals surface area contributed by atoms with Crippen LogP contribution in [0.1, 0.15) is 9.67 Å². The quantitative estimate of drug-likeness (QED) is 0.887. The summed E-state index contributed by atoms with van der Waals surface area (Å²) in [5, 5.41) is 2.68. The second kappa shape index (κ2) is 7.05. The van der Waals surface area contributed by atoms with E-state index in [1.165, 1.54) is 11.3 Å². The molecule has 0 saturated heterocycles. The van der Waals surface area contributed by atoms with Gasteiger partial charge in [0.1, 0.15) is 9.54 Å². The van der Waals surface area contributed by atoms with Crippen LogP contribution in [0.2, 0.25) is 0 Å². The van der Waals surface area contributed by atoms with Crippen LogP contribution in [-0.4, -0.2) is 26.1 Å². The van der Waals surface area contributed by atoms with Crippen molar-refractivity contribution < 1.29 is 9.53 Å². The van der Waals surface area contributed by atoms with E-state index in [-0.39, 0.29) is 18.3 Å². The number of nitrogens with two attached hydrogens (primary N) is 1. The normalized spacial score (nSPS) is 9.27. The van der Waals surface area contributed by atoms with E-state index >= 15 is 0 Å². The van der Waals surface area contributed by atoms with Gasteiger partial charge in [-0.15, -0.1) is 23.7 Å². The van der Waals surface area contributed by atoms with E-state index in [2.05, 4.69) is 21.2 Å². The first-order valence-electron chi connectivity index (χ1n) is 4.00. The minimum absolute atomic E-state index is 0. The topological polar surface area (TPSA) is 64.3 Å². The van der Waals surface area contributed by atoms with Gasteiger partial charge in [-0.2, -0.15) is 0 Å². The molecule has 0 atom stereocenters. The summed E-state index contributed by atoms with van der Waals surface area (Å²) in [7, 11) is 1.56. The molecule has 4 nitrogen and oxygen atoms in total. The molecule has 0 fully saturated rings. The number of hydrogen-bond acceptors (Lipinski definition) is 4. The Balaban J connectivity index is 0.00000196. The number of rotatable bonds is 4. The van der Waals surface area contributed by atoms with Crippen molar-refractivity contribution in [2.45, 2.75) is 0 Å². The lowest BCUT2D eigenvalue weighted by molar-refractivity contribution is 0.0958. The van der Waals surface area contributed by atoms with Crippen LogP contribution >= 0.6 is 39.7 Å². The van der Waals surface area contributed by atoms with Gasteiger partial charge in [0.25, 0.3) is 5.91 Å². The van der Waals surface area contributed by atoms with Crippen molar-refractivity contribution in [2.24, 2.45) is 5.73 Å². The first-order valence-corrected chi connectivity index (χ1v) is 5.61. The second-order valence-electron chi connectivity index (χ2n) is 2.50. The molecule has 3 N–H and O–H groups in total. The van der Waals surface area contributed by atoms with Crippen LogP contribution in [0.4, 0.5) is 0 Å². The Kier molecular flexibility index (Phi) is 6.91. The lowest BCUT2D eigenvalue weighted by Gasteiger charge is -1.98. The maximum atomic E-state index is 11.5. The molecule has 1 amide bonds. The van der Waals surface area contributed by atoms with E-state index in [4.69, 9.17) is 10.5 Å². The van der Waals surface area contributed by atoms with Gasteiger partial charge in [0, 0.05) is 19.2 Å². The summed E-state index contributed by atoms with van der Waals surface area (Å²) < 4.78 is 5.86. The zero-order valence-corrected chi connectivity index (χ0v) is 11.3. The number of nitrogens with one attached hydrogen (secondary N) is 1. The van der Waals surface area contributed by atoms with Gasteiger partial charge >= 0.3 is 0 Å². The van der Waals surface area contributed by atoms with Crippen LogP contribution < -0.4 is 15.8 Å². The first kappa shape index (κ1) is 14.7. The number of halogens is 2. The highest BCUT2D eigenvalue weighted by atomic mass is 79.9. The summed E-state index contributed by atoms with van der Waals surface area (Å²) in [4.78, 5) is 12.1. The monoisotopic (exact) mass is 314 g/mol. The van der Waals surface area contributed by atoms with Gasteiger partial charge in [0.2, 0.25) is 0 Å². The molecule has 0 aromatic carbocycles. The number of hydrogen-bond donors (Lipinski definition) is 2. The van der Waals surface area contributed by atoms with Crippen molar-refractivity contribution in [1.82, 2.24) is 5.32 Å². The maximum Gasteiger partial charge on any atom is 0.261 e. The van der Waals surface area contributed by atoms with E-state index in [9.17, 15) is 4.79 Å². The second-order valence-corrected chi connectivity index (χ2v) is 4.87. The Morgan fingerprint density at radius 3 is 2.87 bits per heavy atom. The number of ether oxygens (including phenoxy) is 1. The van der Waals surface area contributed by atoms with E-state index in [1.54, 1.807) is 13.2 Å². The zero-order chi connectivity index (χ0) is 10.6. The van der Waals surface area contributed by atoms with Crippen molar-refractivity contribution in [2.75, 3.05) is 20.2 Å². The molecule has 7 heteroatoms. The third-order valence-corrected chi connectivity index (χ3v) is 3.31. The predicted molar refractivity (Wildman–Crippen MR) is 67.2 cm³/mol. The van der Waals surface area contributed by atoms with Crippen molar-refractivity contribution in [1.29, 1.82) is 0 Å². The van der Waals surface area contributed by atoms with Crippen molar-refractivity contribution >= 4 is 45.6 Å². The number of carbonyl (C=O) groups excluding carboxylic acids is 1. The van der Waals surface area contributed by atoms with Crippen molar-refractivity contribution in [3.05, 3.63) is 14.7 Å². The molecule has 0 radical (unpaired) electrons. The van der Waals surface area contributed by atoms with Gasteiger partial charge in [0.15, 0.2) is 0 Å². The SMILES string of the molecule is COc1cc(C(=O)NCCN)sc1Br.Cl. The summed E-state index contributed by atoms with van der Waals surface area (Å²) in [5.74, 6) is 0.553. The molecule has 0 aliphatic rings. The zero-order valence-electron chi connectivity index (χ0n) is 8.08. The fourth-order valence-corrected chi connectivity index (χ4v) is 2.44. The summed E-state index contributed by atoms with van der Waals surface area (Å²) in [6.07, 6.45) is 0. The van der Waals surface area contributed by atoms with Crippen molar-refractivity contribution in [3.63, 3.8) is 0 Å². The average Bonchev–Trinajstić information content (AvgIpc) is 2.56. The number of methoxy groups -OCH3 is 1. The lowest BCUT2D eigenvalue weighted by Crippen LogP contribution is -2.28. The summed E-state index contributed by atoms with van der Waals surface area (Å²) >= 11 is 4.64. The lowest BCUT2D eigenvalue weighted by atomic mass is 10.4. The first-order chi connectivity index (χ1) is 6.69. The van der Waals surface area contributed by atoms with Gasteiger partial charge in [0.05, 0.1) is 12.0 Å². The largest absolute Gasteiger partial charge is 0.495 e. The summed E-state index contributed by atoms with van der Waals surface area (Å²) in [6, 6.07) is 1.70. The number of amides is 1. The van der Waals surface area contributed by atoms with Gasteiger partial charge in [-0.25, -0.2) is 0 Å². The van der Waals surface area contributed by atoms with E-state index in [1.807, 2.05) is 0 Å². The van der Waals surface area contributed by atoms with Gasteiger partial charge in [-0.05, 0) is 15.9 Å². The molecule has 1 aromatic rings. The van der Waals surface area contributed by atoms with E-state index < -0.39 is 0 Å². The Morgan fingerprint density at radius 2 is 2.40 bits per heavy atom. The minimum Gasteiger partial charge on any atom is -0.495 e. The molecule has 86 valence electrons. The van der Waals surface area contributed by atoms with Gasteiger partial charge in [-0.1, -0.05) is 0 Å². The summed E-state index contributed by atoms with van der Waals surface area (Å²) in [6.45, 7) is 0.923. The third kappa shape index (κ3) is 3.98. The molecule has 1 rings (SSSR count). The molecule has 0 aliphatic heterocycles. The Bertz CT molecular complexity index is 332. The van der Waals surface area contributed by atoms with Crippen LogP contribution in [0.3, 0.4) is 0 Å². The summed E-state index contributed by atoms with van der Waals surface area (Å²) in [5.41, 5.74) is 5.27. The fourth-order valence-electron chi connectivity index (χ4n) is 0.876. The average molecular weight is 316 g/mol. The minimum atomic E-state index is -0.121. The van der Waals surface area contributed by atoms with Crippen LogP contribution in [0, 0.1) is 0 Å². The van der Waals surface area contributed by atoms with Crippen LogP contribution in [0.15, 0.2) is 9.85 Å². The Hall–Kier alpha value is -0.300. The highest BCUT2D eigenvalue weighted by Crippen LogP contribution is 2.34. The molecule has 1 heterocycles. The number of carbonyl (C=O) groups is 1. The molecule has 0 spiro atoms. The molecular weight excluding hydrogens is 304 g/mol. The Morgan fingerprint density at radius 1 is 1.73 bits per heavy atom. The highest BCUT2D eigenvalue weighted by molar-refractivity contribution is 9.11. The molecule has 0 aliphatic carbocycles. The molecular formula is C8H12BrClN2O2S. The van der Waals surface area contributed by atoms with E-state index in [0.717, 1.165) is 3.79 Å². The number of thiophene rings is 1. The highest BCUT2D eigenvalue weighted by Gasteiger charge is 2.12. The molecule has 0 bridgehead atoms. The van der Waals surface area contributed by atoms with Crippen LogP contribution in [0.25, 0.3) is 0 Å². The standard InChI is InChI=1S/C8H11BrN2O2S.ClH/c1-13-5-4-6(14-7(5)9)8(12)11-3-2-10;/h4H,2-3,10H2,1H3,(H,11,12);1H. The molecule has 0 saturated carbocycles. The molecule has 1 aromatic heterocycles. The van der Waals surface area contributed by atoms with Crippen LogP contribution in [0.5, 0.6) is 5.75 Å². The third-order valence-electron chi connectivity index (χ3n) is 1.53. The van der Waals surface area contributed by atoms with Gasteiger partial charge in [-0.3, -0.25) is 4.79 Å². The Labute approximate surface area is 107 Å². The van der Waals surface area contributed by atoms with Gasteiger partial charge < -0.3 is 15.8 Å². The smallest absolute Gasteiger partial charge is 0.261 e. The maximum absolute atomic E-state index is 11.5. The molecule has 0 unspecified atom stereocenters. The van der Waals surface area contributed by atoms with E-state index in [0.29, 0.717) is 23.7 Å². The van der Waals surface area contributed by atoms with Crippen LogP contribution in [-0.2, 0) is 0 Å². The fraction of sp³-hybridized carbons (Fsp3) is 0.375.